The second-order valence-electron chi connectivity index (χ2n) is 7.78. The molecule has 1 saturated carbocycles. The minimum Gasteiger partial charge on any atom is -0.445 e. The van der Waals surface area contributed by atoms with Crippen molar-refractivity contribution >= 4 is 29.4 Å². The van der Waals surface area contributed by atoms with Crippen LogP contribution < -0.4 is 10.6 Å². The number of hydrogen-bond acceptors (Lipinski definition) is 6. The van der Waals surface area contributed by atoms with Crippen LogP contribution in [0, 0.1) is 11.8 Å². The van der Waals surface area contributed by atoms with Crippen molar-refractivity contribution in [1.82, 2.24) is 10.6 Å². The Bertz CT molecular complexity index is 822. The van der Waals surface area contributed by atoms with E-state index in [-0.39, 0.29) is 18.8 Å². The monoisotopic (exact) mass is 414 g/mol. The molecule has 0 radical (unpaired) electrons. The van der Waals surface area contributed by atoms with E-state index in [2.05, 4.69) is 10.6 Å². The first-order valence-corrected chi connectivity index (χ1v) is 10.3. The number of ketones is 3. The molecular formula is C22H26N2O6. The number of carbonyl (C=O) groups excluding carboxylic acids is 5. The minimum absolute atomic E-state index is 0.0352. The van der Waals surface area contributed by atoms with E-state index >= 15 is 0 Å². The molecule has 1 aromatic carbocycles. The smallest absolute Gasteiger partial charge is 0.408 e. The summed E-state index contributed by atoms with van der Waals surface area (Å²) in [5.74, 6) is -3.17. The molecule has 1 aromatic rings. The Morgan fingerprint density at radius 3 is 2.53 bits per heavy atom. The second-order valence-corrected chi connectivity index (χ2v) is 7.78. The molecule has 0 spiro atoms. The van der Waals surface area contributed by atoms with Crippen LogP contribution in [0.25, 0.3) is 0 Å². The summed E-state index contributed by atoms with van der Waals surface area (Å²) < 4.78 is 5.18. The molecule has 2 N–H and O–H groups in total. The van der Waals surface area contributed by atoms with E-state index in [1.165, 1.54) is 0 Å². The number of amides is 2. The molecule has 1 aliphatic carbocycles. The van der Waals surface area contributed by atoms with Gasteiger partial charge >= 0.3 is 6.09 Å². The van der Waals surface area contributed by atoms with E-state index in [1.54, 1.807) is 12.1 Å². The molecule has 8 nitrogen and oxygen atoms in total. The van der Waals surface area contributed by atoms with Crippen molar-refractivity contribution in [1.29, 1.82) is 0 Å². The quantitative estimate of drug-likeness (QED) is 0.656. The molecule has 30 heavy (non-hydrogen) atoms. The first-order valence-electron chi connectivity index (χ1n) is 10.3. The summed E-state index contributed by atoms with van der Waals surface area (Å²) in [6.45, 7) is 0.479. The van der Waals surface area contributed by atoms with Gasteiger partial charge in [-0.1, -0.05) is 36.8 Å². The van der Waals surface area contributed by atoms with E-state index in [0.29, 0.717) is 32.2 Å². The maximum atomic E-state index is 12.9. The fourth-order valence-corrected chi connectivity index (χ4v) is 3.76. The lowest BCUT2D eigenvalue weighted by atomic mass is 9.75. The van der Waals surface area contributed by atoms with Crippen LogP contribution in [0.4, 0.5) is 4.79 Å². The second kappa shape index (κ2) is 10.1. The van der Waals surface area contributed by atoms with Gasteiger partial charge in [-0.3, -0.25) is 19.2 Å². The Hall–Kier alpha value is -3.03. The molecule has 1 aliphatic heterocycles. The lowest BCUT2D eigenvalue weighted by Crippen LogP contribution is -2.52. The molecule has 0 bridgehead atoms. The molecule has 0 aromatic heterocycles. The number of Topliss-reactive ketones (excluding diaryl/α,β-unsaturated/α-hetero) is 3. The third kappa shape index (κ3) is 5.52. The molecule has 1 saturated heterocycles. The highest BCUT2D eigenvalue weighted by molar-refractivity contribution is 6.37. The lowest BCUT2D eigenvalue weighted by Gasteiger charge is -2.32. The van der Waals surface area contributed by atoms with Gasteiger partial charge < -0.3 is 15.4 Å². The number of rotatable bonds is 7. The van der Waals surface area contributed by atoms with Crippen molar-refractivity contribution in [2.45, 2.75) is 51.2 Å². The van der Waals surface area contributed by atoms with E-state index in [0.717, 1.165) is 12.0 Å². The molecule has 2 aliphatic rings. The van der Waals surface area contributed by atoms with Gasteiger partial charge in [-0.05, 0) is 24.8 Å². The highest BCUT2D eigenvalue weighted by atomic mass is 16.5. The van der Waals surface area contributed by atoms with Gasteiger partial charge in [0.15, 0.2) is 5.78 Å². The molecule has 3 unspecified atom stereocenters. The average molecular weight is 414 g/mol. The van der Waals surface area contributed by atoms with Gasteiger partial charge in [0.1, 0.15) is 18.4 Å². The van der Waals surface area contributed by atoms with Crippen LogP contribution in [-0.2, 0) is 30.5 Å². The zero-order valence-electron chi connectivity index (χ0n) is 16.7. The van der Waals surface area contributed by atoms with Crippen molar-refractivity contribution in [3.05, 3.63) is 35.9 Å². The molecule has 2 fully saturated rings. The number of carbonyl (C=O) groups is 5. The van der Waals surface area contributed by atoms with Crippen molar-refractivity contribution < 1.29 is 28.7 Å². The predicted octanol–water partition coefficient (Wildman–Crippen LogP) is 1.71. The molecule has 3 atom stereocenters. The van der Waals surface area contributed by atoms with Gasteiger partial charge in [-0.2, -0.15) is 0 Å². The summed E-state index contributed by atoms with van der Waals surface area (Å²) in [5.41, 5.74) is 0.793. The Morgan fingerprint density at radius 2 is 1.87 bits per heavy atom. The number of nitrogens with one attached hydrogen (secondary N) is 2. The highest BCUT2D eigenvalue weighted by Gasteiger charge is 2.41. The van der Waals surface area contributed by atoms with Crippen molar-refractivity contribution in [2.24, 2.45) is 11.8 Å². The van der Waals surface area contributed by atoms with E-state index in [1.807, 2.05) is 18.2 Å². The van der Waals surface area contributed by atoms with Crippen LogP contribution in [0.1, 0.15) is 44.1 Å². The third-order valence-corrected chi connectivity index (χ3v) is 5.66. The normalized spacial score (nSPS) is 22.7. The summed E-state index contributed by atoms with van der Waals surface area (Å²) in [7, 11) is 0. The summed E-state index contributed by atoms with van der Waals surface area (Å²) in [5, 5.41) is 5.06. The third-order valence-electron chi connectivity index (χ3n) is 5.66. The van der Waals surface area contributed by atoms with Crippen molar-refractivity contribution in [2.75, 3.05) is 6.54 Å². The predicted molar refractivity (Wildman–Crippen MR) is 106 cm³/mol. The zero-order chi connectivity index (χ0) is 21.5. The van der Waals surface area contributed by atoms with Gasteiger partial charge in [0.05, 0.1) is 0 Å². The first kappa shape index (κ1) is 21.7. The zero-order valence-corrected chi connectivity index (χ0v) is 16.7. The van der Waals surface area contributed by atoms with E-state index in [4.69, 9.17) is 4.74 Å². The molecule has 3 rings (SSSR count). The number of alkyl carbamates (subject to hydrolysis) is 1. The highest BCUT2D eigenvalue weighted by Crippen LogP contribution is 2.28. The van der Waals surface area contributed by atoms with Crippen LogP contribution in [0.15, 0.2) is 30.3 Å². The van der Waals surface area contributed by atoms with E-state index in [9.17, 15) is 24.0 Å². The lowest BCUT2D eigenvalue weighted by molar-refractivity contribution is -0.142. The average Bonchev–Trinajstić information content (AvgIpc) is 2.74. The van der Waals surface area contributed by atoms with Crippen LogP contribution in [0.5, 0.6) is 0 Å². The number of benzene rings is 1. The Morgan fingerprint density at radius 1 is 1.10 bits per heavy atom. The maximum Gasteiger partial charge on any atom is 0.408 e. The van der Waals surface area contributed by atoms with Gasteiger partial charge in [0.25, 0.3) is 5.91 Å². The summed E-state index contributed by atoms with van der Waals surface area (Å²) in [4.78, 5) is 61.4. The molecule has 8 heteroatoms. The van der Waals surface area contributed by atoms with Crippen molar-refractivity contribution in [3.8, 4) is 0 Å². The van der Waals surface area contributed by atoms with Gasteiger partial charge in [0.2, 0.25) is 5.78 Å². The van der Waals surface area contributed by atoms with E-state index < -0.39 is 41.4 Å². The largest absolute Gasteiger partial charge is 0.445 e. The topological polar surface area (TPSA) is 119 Å². The number of ether oxygens (including phenoxy) is 1. The number of hydrogen-bond donors (Lipinski definition) is 2. The van der Waals surface area contributed by atoms with Crippen LogP contribution >= 0.6 is 0 Å². The summed E-state index contributed by atoms with van der Waals surface area (Å²) in [6.07, 6.45) is 1.76. The van der Waals surface area contributed by atoms with Gasteiger partial charge in [-0.15, -0.1) is 0 Å². The summed E-state index contributed by atoms with van der Waals surface area (Å²) in [6, 6.07) is 8.04. The molecule has 160 valence electrons. The maximum absolute atomic E-state index is 12.9. The van der Waals surface area contributed by atoms with Crippen LogP contribution in [-0.4, -0.2) is 41.9 Å². The fraction of sp³-hybridized carbons (Fsp3) is 0.500. The Labute approximate surface area is 174 Å². The minimum atomic E-state index is -1.05. The SMILES string of the molecule is O=C(NC(C(=O)CC1CCCCNC(=O)C1=O)C1CCC1=O)OCc1ccccc1. The fourth-order valence-electron chi connectivity index (χ4n) is 3.76. The first-order chi connectivity index (χ1) is 14.5. The summed E-state index contributed by atoms with van der Waals surface area (Å²) >= 11 is 0. The van der Waals surface area contributed by atoms with Crippen LogP contribution in [0.3, 0.4) is 0 Å². The standard InChI is InChI=1S/C22H26N2O6/c25-17-10-9-16(17)19(24-22(29)30-13-14-6-2-1-3-7-14)18(26)12-15-8-4-5-11-23-21(28)20(15)27/h1-3,6-7,15-16,19H,4-5,8-13H2,(H,23,28)(H,24,29). The van der Waals surface area contributed by atoms with Crippen LogP contribution in [0.2, 0.25) is 0 Å². The molecule has 1 heterocycles. The van der Waals surface area contributed by atoms with Gasteiger partial charge in [0, 0.05) is 31.2 Å². The molecular weight excluding hydrogens is 388 g/mol. The van der Waals surface area contributed by atoms with Gasteiger partial charge in [-0.25, -0.2) is 4.79 Å². The van der Waals surface area contributed by atoms with Crippen molar-refractivity contribution in [3.63, 3.8) is 0 Å². The molecule has 2 amide bonds. The Kier molecular flexibility index (Phi) is 7.32. The Balaban J connectivity index is 1.63.